The molecule has 1 aromatic carbocycles. The summed E-state index contributed by atoms with van der Waals surface area (Å²) in [7, 11) is 0. The van der Waals surface area contributed by atoms with Gasteiger partial charge in [-0.25, -0.2) is 9.78 Å². The molecule has 0 N–H and O–H groups in total. The number of rotatable bonds is 5. The molecular formula is C18H20N2O3S. The van der Waals surface area contributed by atoms with Gasteiger partial charge >= 0.3 is 5.97 Å². The molecule has 1 aliphatic rings. The van der Waals surface area contributed by atoms with Crippen LogP contribution in [0.2, 0.25) is 0 Å². The average molecular weight is 344 g/mol. The monoisotopic (exact) mass is 344 g/mol. The van der Waals surface area contributed by atoms with Crippen molar-refractivity contribution >= 4 is 28.2 Å². The summed E-state index contributed by atoms with van der Waals surface area (Å²) in [6.07, 6.45) is 2.25. The van der Waals surface area contributed by atoms with Crippen molar-refractivity contribution in [3.63, 3.8) is 0 Å². The van der Waals surface area contributed by atoms with Gasteiger partial charge in [-0.1, -0.05) is 41.2 Å². The number of thiazole rings is 1. The first-order chi connectivity index (χ1) is 11.6. The first-order valence-corrected chi connectivity index (χ1v) is 8.96. The lowest BCUT2D eigenvalue weighted by atomic mass is 10.1. The van der Waals surface area contributed by atoms with Crippen molar-refractivity contribution in [2.45, 2.75) is 26.7 Å². The molecule has 2 aromatic rings. The zero-order valence-corrected chi connectivity index (χ0v) is 14.7. The molecule has 0 aliphatic carbocycles. The predicted molar refractivity (Wildman–Crippen MR) is 94.7 cm³/mol. The molecule has 1 saturated heterocycles. The minimum absolute atomic E-state index is 0.183. The standard InChI is InChI=1S/C18H20N2O3S/c1-3-23-17(22)15(21)16-14(13-8-6-12(2)7-9-13)19-18(24-16)20-10-4-5-11-20/h6-9H,3-5,10-11H2,1-2H3. The van der Waals surface area contributed by atoms with Gasteiger partial charge in [0.05, 0.1) is 12.3 Å². The molecule has 0 amide bonds. The van der Waals surface area contributed by atoms with E-state index in [0.29, 0.717) is 10.6 Å². The van der Waals surface area contributed by atoms with Crippen molar-refractivity contribution in [3.05, 3.63) is 34.7 Å². The van der Waals surface area contributed by atoms with Crippen molar-refractivity contribution in [2.24, 2.45) is 0 Å². The Labute approximate surface area is 145 Å². The van der Waals surface area contributed by atoms with Crippen LogP contribution in [-0.2, 0) is 9.53 Å². The second-order valence-electron chi connectivity index (χ2n) is 5.78. The number of carbonyl (C=O) groups is 2. The number of anilines is 1. The summed E-state index contributed by atoms with van der Waals surface area (Å²) >= 11 is 1.28. The molecule has 126 valence electrons. The van der Waals surface area contributed by atoms with Crippen molar-refractivity contribution in [2.75, 3.05) is 24.6 Å². The van der Waals surface area contributed by atoms with E-state index >= 15 is 0 Å². The number of hydrogen-bond acceptors (Lipinski definition) is 6. The number of aryl methyl sites for hydroxylation is 1. The average Bonchev–Trinajstić information content (AvgIpc) is 3.24. The van der Waals surface area contributed by atoms with Crippen LogP contribution in [0, 0.1) is 6.92 Å². The predicted octanol–water partition coefficient (Wildman–Crippen LogP) is 3.46. The number of benzene rings is 1. The van der Waals surface area contributed by atoms with Gasteiger partial charge in [-0.3, -0.25) is 4.79 Å². The van der Waals surface area contributed by atoms with E-state index in [0.717, 1.165) is 42.2 Å². The van der Waals surface area contributed by atoms with Crippen LogP contribution in [0.1, 0.15) is 35.0 Å². The fourth-order valence-corrected chi connectivity index (χ4v) is 3.77. The number of aromatic nitrogens is 1. The summed E-state index contributed by atoms with van der Waals surface area (Å²) < 4.78 is 4.88. The third kappa shape index (κ3) is 3.33. The maximum absolute atomic E-state index is 12.5. The molecule has 0 unspecified atom stereocenters. The van der Waals surface area contributed by atoms with E-state index in [1.54, 1.807) is 6.92 Å². The molecule has 2 heterocycles. The number of nitrogens with zero attached hydrogens (tertiary/aromatic N) is 2. The minimum Gasteiger partial charge on any atom is -0.460 e. The molecule has 0 bridgehead atoms. The highest BCUT2D eigenvalue weighted by atomic mass is 32.1. The number of carbonyl (C=O) groups excluding carboxylic acids is 2. The zero-order valence-electron chi connectivity index (χ0n) is 13.9. The summed E-state index contributed by atoms with van der Waals surface area (Å²) in [4.78, 5) is 31.6. The van der Waals surface area contributed by atoms with E-state index in [9.17, 15) is 9.59 Å². The number of ether oxygens (including phenoxy) is 1. The summed E-state index contributed by atoms with van der Waals surface area (Å²) in [6.45, 7) is 5.75. The number of Topliss-reactive ketones (excluding diaryl/α,β-unsaturated/α-hetero) is 1. The van der Waals surface area contributed by atoms with Gasteiger partial charge in [0.25, 0.3) is 5.78 Å². The van der Waals surface area contributed by atoms with E-state index in [4.69, 9.17) is 4.74 Å². The Morgan fingerprint density at radius 3 is 2.50 bits per heavy atom. The van der Waals surface area contributed by atoms with Gasteiger partial charge in [-0.2, -0.15) is 0 Å². The summed E-state index contributed by atoms with van der Waals surface area (Å²) in [6, 6.07) is 7.81. The summed E-state index contributed by atoms with van der Waals surface area (Å²) in [5.74, 6) is -1.43. The van der Waals surface area contributed by atoms with Gasteiger partial charge in [0, 0.05) is 18.7 Å². The first kappa shape index (κ1) is 16.6. The smallest absolute Gasteiger partial charge is 0.380 e. The van der Waals surface area contributed by atoms with Crippen LogP contribution in [0.5, 0.6) is 0 Å². The Balaban J connectivity index is 2.02. The normalized spacial score (nSPS) is 14.0. The van der Waals surface area contributed by atoms with E-state index in [1.807, 2.05) is 31.2 Å². The fourth-order valence-electron chi connectivity index (χ4n) is 2.70. The third-order valence-electron chi connectivity index (χ3n) is 3.98. The molecule has 1 aliphatic heterocycles. The maximum atomic E-state index is 12.5. The van der Waals surface area contributed by atoms with Crippen LogP contribution in [0.15, 0.2) is 24.3 Å². The molecule has 5 nitrogen and oxygen atoms in total. The van der Waals surface area contributed by atoms with Gasteiger partial charge in [-0.15, -0.1) is 0 Å². The molecule has 0 saturated carbocycles. The van der Waals surface area contributed by atoms with E-state index in [2.05, 4.69) is 9.88 Å². The van der Waals surface area contributed by atoms with E-state index < -0.39 is 11.8 Å². The summed E-state index contributed by atoms with van der Waals surface area (Å²) in [5, 5.41) is 0.802. The zero-order chi connectivity index (χ0) is 17.1. The topological polar surface area (TPSA) is 59.5 Å². The van der Waals surface area contributed by atoms with Crippen molar-refractivity contribution in [1.29, 1.82) is 0 Å². The van der Waals surface area contributed by atoms with E-state index in [-0.39, 0.29) is 6.61 Å². The number of hydrogen-bond donors (Lipinski definition) is 0. The fraction of sp³-hybridized carbons (Fsp3) is 0.389. The van der Waals surface area contributed by atoms with Gasteiger partial charge in [0.2, 0.25) is 0 Å². The van der Waals surface area contributed by atoms with Gasteiger partial charge in [-0.05, 0) is 26.7 Å². The van der Waals surface area contributed by atoms with Crippen LogP contribution >= 0.6 is 11.3 Å². The van der Waals surface area contributed by atoms with Gasteiger partial charge < -0.3 is 9.64 Å². The second-order valence-corrected chi connectivity index (χ2v) is 6.76. The Kier molecular flexibility index (Phi) is 4.94. The SMILES string of the molecule is CCOC(=O)C(=O)c1sc(N2CCCC2)nc1-c1ccc(C)cc1. The molecule has 0 atom stereocenters. The van der Waals surface area contributed by atoms with E-state index in [1.165, 1.54) is 11.3 Å². The molecular weight excluding hydrogens is 324 g/mol. The maximum Gasteiger partial charge on any atom is 0.380 e. The van der Waals surface area contributed by atoms with Crippen molar-refractivity contribution in [1.82, 2.24) is 4.98 Å². The molecule has 3 rings (SSSR count). The highest BCUT2D eigenvalue weighted by molar-refractivity contribution is 7.18. The molecule has 0 radical (unpaired) electrons. The van der Waals surface area contributed by atoms with Crippen LogP contribution in [0.3, 0.4) is 0 Å². The van der Waals surface area contributed by atoms with Crippen LogP contribution in [0.25, 0.3) is 11.3 Å². The summed E-state index contributed by atoms with van der Waals surface area (Å²) in [5.41, 5.74) is 2.54. The largest absolute Gasteiger partial charge is 0.460 e. The van der Waals surface area contributed by atoms with Crippen molar-refractivity contribution in [3.8, 4) is 11.3 Å². The van der Waals surface area contributed by atoms with Gasteiger partial charge in [0.15, 0.2) is 5.13 Å². The van der Waals surface area contributed by atoms with Crippen molar-refractivity contribution < 1.29 is 14.3 Å². The molecule has 0 spiro atoms. The van der Waals surface area contributed by atoms with Crippen LogP contribution < -0.4 is 4.90 Å². The van der Waals surface area contributed by atoms with Gasteiger partial charge in [0.1, 0.15) is 4.88 Å². The molecule has 24 heavy (non-hydrogen) atoms. The van der Waals surface area contributed by atoms with Crippen LogP contribution in [0.4, 0.5) is 5.13 Å². The van der Waals surface area contributed by atoms with Crippen LogP contribution in [-0.4, -0.2) is 36.4 Å². The Bertz CT molecular complexity index is 746. The lowest BCUT2D eigenvalue weighted by molar-refractivity contribution is -0.137. The first-order valence-electron chi connectivity index (χ1n) is 8.14. The quantitative estimate of drug-likeness (QED) is 0.472. The molecule has 1 fully saturated rings. The highest BCUT2D eigenvalue weighted by Crippen LogP contribution is 2.35. The Morgan fingerprint density at radius 1 is 1.21 bits per heavy atom. The number of esters is 1. The lowest BCUT2D eigenvalue weighted by Gasteiger charge is -2.12. The Hall–Kier alpha value is -2.21. The molecule has 1 aromatic heterocycles. The number of ketones is 1. The third-order valence-corrected chi connectivity index (χ3v) is 5.10. The highest BCUT2D eigenvalue weighted by Gasteiger charge is 2.28. The Morgan fingerprint density at radius 2 is 1.88 bits per heavy atom. The minimum atomic E-state index is -0.817. The lowest BCUT2D eigenvalue weighted by Crippen LogP contribution is -2.17. The second kappa shape index (κ2) is 7.13. The molecule has 6 heteroatoms.